The Morgan fingerprint density at radius 2 is 2.31 bits per heavy atom. The molecule has 1 aromatic heterocycles. The van der Waals surface area contributed by atoms with Crippen LogP contribution in [0.5, 0.6) is 0 Å². The molecule has 1 heterocycles. The van der Waals surface area contributed by atoms with Gasteiger partial charge in [0.05, 0.1) is 0 Å². The molecule has 74 valence electrons. The molecule has 1 rings (SSSR count). The number of rotatable bonds is 6. The van der Waals surface area contributed by atoms with Crippen molar-refractivity contribution in [3.05, 3.63) is 5.01 Å². The molecule has 0 aromatic carbocycles. The van der Waals surface area contributed by atoms with Gasteiger partial charge in [0, 0.05) is 19.8 Å². The first kappa shape index (κ1) is 10.4. The van der Waals surface area contributed by atoms with Crippen molar-refractivity contribution in [3.63, 3.8) is 0 Å². The molecule has 0 bridgehead atoms. The number of aryl methyl sites for hydroxylation is 1. The van der Waals surface area contributed by atoms with Crippen LogP contribution in [0, 0.1) is 6.92 Å². The van der Waals surface area contributed by atoms with Crippen molar-refractivity contribution >= 4 is 16.5 Å². The van der Waals surface area contributed by atoms with Crippen LogP contribution in [-0.2, 0) is 4.74 Å². The Morgan fingerprint density at radius 1 is 1.46 bits per heavy atom. The number of aromatic nitrogens is 2. The summed E-state index contributed by atoms with van der Waals surface area (Å²) in [7, 11) is 0. The average Bonchev–Trinajstić information content (AvgIpc) is 2.51. The number of ether oxygens (including phenoxy) is 1. The Hall–Kier alpha value is -0.680. The molecule has 13 heavy (non-hydrogen) atoms. The number of nitrogens with one attached hydrogen (secondary N) is 1. The second-order valence-corrected chi connectivity index (χ2v) is 3.79. The Kier molecular flexibility index (Phi) is 4.70. The van der Waals surface area contributed by atoms with E-state index in [9.17, 15) is 0 Å². The normalized spacial score (nSPS) is 10.3. The minimum atomic E-state index is 0.790. The SMILES string of the molecule is CCOCCCNc1nnc(C)s1. The third-order valence-corrected chi connectivity index (χ3v) is 2.27. The largest absolute Gasteiger partial charge is 0.382 e. The molecule has 0 saturated heterocycles. The monoisotopic (exact) mass is 201 g/mol. The van der Waals surface area contributed by atoms with E-state index in [4.69, 9.17) is 4.74 Å². The Morgan fingerprint density at radius 3 is 2.92 bits per heavy atom. The molecular weight excluding hydrogens is 186 g/mol. The zero-order valence-corrected chi connectivity index (χ0v) is 8.86. The maximum absolute atomic E-state index is 5.20. The number of nitrogens with zero attached hydrogens (tertiary/aromatic N) is 2. The van der Waals surface area contributed by atoms with E-state index >= 15 is 0 Å². The fraction of sp³-hybridized carbons (Fsp3) is 0.750. The summed E-state index contributed by atoms with van der Waals surface area (Å²) in [6, 6.07) is 0. The maximum atomic E-state index is 5.20. The topological polar surface area (TPSA) is 47.0 Å². The van der Waals surface area contributed by atoms with Crippen LogP contribution in [0.1, 0.15) is 18.4 Å². The molecule has 0 aliphatic heterocycles. The van der Waals surface area contributed by atoms with Crippen LogP contribution in [0.3, 0.4) is 0 Å². The zero-order chi connectivity index (χ0) is 9.52. The van der Waals surface area contributed by atoms with E-state index in [1.165, 1.54) is 0 Å². The standard InChI is InChI=1S/C8H15N3OS/c1-3-12-6-4-5-9-8-11-10-7(2)13-8/h3-6H2,1-2H3,(H,9,11). The summed E-state index contributed by atoms with van der Waals surface area (Å²) < 4.78 is 5.20. The summed E-state index contributed by atoms with van der Waals surface area (Å²) in [4.78, 5) is 0. The van der Waals surface area contributed by atoms with Gasteiger partial charge in [0.1, 0.15) is 5.01 Å². The van der Waals surface area contributed by atoms with Gasteiger partial charge in [-0.3, -0.25) is 0 Å². The van der Waals surface area contributed by atoms with Gasteiger partial charge in [0.25, 0.3) is 0 Å². The lowest BCUT2D eigenvalue weighted by Gasteiger charge is -2.01. The second kappa shape index (κ2) is 5.88. The third-order valence-electron chi connectivity index (χ3n) is 1.47. The molecule has 0 amide bonds. The van der Waals surface area contributed by atoms with Crippen molar-refractivity contribution in [1.29, 1.82) is 0 Å². The molecule has 0 aliphatic carbocycles. The van der Waals surface area contributed by atoms with Gasteiger partial charge < -0.3 is 10.1 Å². The van der Waals surface area contributed by atoms with E-state index in [1.807, 2.05) is 13.8 Å². The highest BCUT2D eigenvalue weighted by Gasteiger charge is 1.97. The average molecular weight is 201 g/mol. The van der Waals surface area contributed by atoms with Gasteiger partial charge in [0.2, 0.25) is 5.13 Å². The summed E-state index contributed by atoms with van der Waals surface area (Å²) >= 11 is 1.58. The minimum Gasteiger partial charge on any atom is -0.382 e. The molecule has 4 nitrogen and oxygen atoms in total. The van der Waals surface area contributed by atoms with Crippen LogP contribution in [0.15, 0.2) is 0 Å². The lowest BCUT2D eigenvalue weighted by Crippen LogP contribution is -2.05. The highest BCUT2D eigenvalue weighted by Crippen LogP contribution is 2.12. The van der Waals surface area contributed by atoms with Crippen molar-refractivity contribution in [3.8, 4) is 0 Å². The predicted octanol–water partition coefficient (Wildman–Crippen LogP) is 1.69. The molecule has 5 heteroatoms. The first-order chi connectivity index (χ1) is 6.33. The number of hydrogen-bond acceptors (Lipinski definition) is 5. The summed E-state index contributed by atoms with van der Waals surface area (Å²) in [6.45, 7) is 6.44. The van der Waals surface area contributed by atoms with Crippen molar-refractivity contribution in [2.45, 2.75) is 20.3 Å². The van der Waals surface area contributed by atoms with E-state index in [0.717, 1.165) is 36.3 Å². The Balaban J connectivity index is 2.06. The summed E-state index contributed by atoms with van der Waals surface area (Å²) in [5, 5.41) is 12.9. The van der Waals surface area contributed by atoms with Gasteiger partial charge in [-0.1, -0.05) is 11.3 Å². The van der Waals surface area contributed by atoms with E-state index in [1.54, 1.807) is 11.3 Å². The quantitative estimate of drug-likeness (QED) is 0.711. The fourth-order valence-electron chi connectivity index (χ4n) is 0.882. The lowest BCUT2D eigenvalue weighted by atomic mass is 10.4. The van der Waals surface area contributed by atoms with E-state index in [-0.39, 0.29) is 0 Å². The molecule has 0 aliphatic rings. The van der Waals surface area contributed by atoms with Crippen LogP contribution in [-0.4, -0.2) is 30.0 Å². The van der Waals surface area contributed by atoms with E-state index < -0.39 is 0 Å². The maximum Gasteiger partial charge on any atom is 0.205 e. The molecule has 0 atom stereocenters. The summed E-state index contributed by atoms with van der Waals surface area (Å²) in [6.07, 6.45) is 1.01. The fourth-order valence-corrected chi connectivity index (χ4v) is 1.50. The van der Waals surface area contributed by atoms with Crippen molar-refractivity contribution in [2.75, 3.05) is 25.1 Å². The van der Waals surface area contributed by atoms with Crippen LogP contribution in [0.25, 0.3) is 0 Å². The Bertz CT molecular complexity index is 239. The van der Waals surface area contributed by atoms with Crippen LogP contribution in [0.2, 0.25) is 0 Å². The number of hydrogen-bond donors (Lipinski definition) is 1. The first-order valence-corrected chi connectivity index (χ1v) is 5.26. The lowest BCUT2D eigenvalue weighted by molar-refractivity contribution is 0.147. The molecule has 0 fully saturated rings. The van der Waals surface area contributed by atoms with Gasteiger partial charge in [-0.15, -0.1) is 10.2 Å². The molecule has 1 N–H and O–H groups in total. The molecular formula is C8H15N3OS. The van der Waals surface area contributed by atoms with Crippen molar-refractivity contribution in [2.24, 2.45) is 0 Å². The van der Waals surface area contributed by atoms with E-state index in [0.29, 0.717) is 0 Å². The smallest absolute Gasteiger partial charge is 0.205 e. The van der Waals surface area contributed by atoms with Gasteiger partial charge >= 0.3 is 0 Å². The summed E-state index contributed by atoms with van der Waals surface area (Å²) in [5.41, 5.74) is 0. The molecule has 0 saturated carbocycles. The van der Waals surface area contributed by atoms with Gasteiger partial charge in [-0.05, 0) is 20.3 Å². The zero-order valence-electron chi connectivity index (χ0n) is 8.04. The molecule has 0 radical (unpaired) electrons. The van der Waals surface area contributed by atoms with Crippen molar-refractivity contribution in [1.82, 2.24) is 10.2 Å². The summed E-state index contributed by atoms with van der Waals surface area (Å²) in [5.74, 6) is 0. The van der Waals surface area contributed by atoms with Gasteiger partial charge in [-0.2, -0.15) is 0 Å². The van der Waals surface area contributed by atoms with Crippen LogP contribution < -0.4 is 5.32 Å². The Labute approximate surface area is 82.3 Å². The molecule has 0 unspecified atom stereocenters. The highest BCUT2D eigenvalue weighted by atomic mass is 32.1. The highest BCUT2D eigenvalue weighted by molar-refractivity contribution is 7.15. The molecule has 1 aromatic rings. The van der Waals surface area contributed by atoms with Crippen molar-refractivity contribution < 1.29 is 4.74 Å². The van der Waals surface area contributed by atoms with Gasteiger partial charge in [-0.25, -0.2) is 0 Å². The third kappa shape index (κ3) is 4.19. The minimum absolute atomic E-state index is 0.790. The van der Waals surface area contributed by atoms with Crippen LogP contribution in [0.4, 0.5) is 5.13 Å². The predicted molar refractivity (Wildman–Crippen MR) is 54.2 cm³/mol. The number of anilines is 1. The second-order valence-electron chi connectivity index (χ2n) is 2.60. The van der Waals surface area contributed by atoms with Crippen LogP contribution >= 0.6 is 11.3 Å². The van der Waals surface area contributed by atoms with E-state index in [2.05, 4.69) is 15.5 Å². The first-order valence-electron chi connectivity index (χ1n) is 4.44. The molecule has 0 spiro atoms. The van der Waals surface area contributed by atoms with Gasteiger partial charge in [0.15, 0.2) is 0 Å².